The van der Waals surface area contributed by atoms with Gasteiger partial charge in [0.05, 0.1) is 7.11 Å². The van der Waals surface area contributed by atoms with Crippen molar-refractivity contribution in [2.24, 2.45) is 0 Å². The highest BCUT2D eigenvalue weighted by Gasteiger charge is 2.14. The molecule has 0 aliphatic carbocycles. The molecule has 0 aliphatic heterocycles. The maximum Gasteiger partial charge on any atom is 0.322 e. The molecule has 0 fully saturated rings. The van der Waals surface area contributed by atoms with Gasteiger partial charge >= 0.3 is 5.97 Å². The van der Waals surface area contributed by atoms with E-state index in [1.165, 1.54) is 24.1 Å². The van der Waals surface area contributed by atoms with Gasteiger partial charge in [0.25, 0.3) is 0 Å². The van der Waals surface area contributed by atoms with Gasteiger partial charge in [-0.25, -0.2) is 0 Å². The van der Waals surface area contributed by atoms with Crippen LogP contribution in [0, 0.1) is 13.8 Å². The fraction of sp³-hybridized carbons (Fsp3) is 0.615. The van der Waals surface area contributed by atoms with E-state index in [4.69, 9.17) is 0 Å². The lowest BCUT2D eigenvalue weighted by Gasteiger charge is -2.11. The zero-order valence-electron chi connectivity index (χ0n) is 11.3. The maximum absolute atomic E-state index is 11.3. The Morgan fingerprint density at radius 3 is 2.65 bits per heavy atom. The molecule has 1 aromatic rings. The molecular weight excluding hydrogens is 216 g/mol. The molecule has 1 aromatic heterocycles. The molecule has 0 saturated carbocycles. The number of rotatable bonds is 5. The molecule has 1 rings (SSSR count). The lowest BCUT2D eigenvalue weighted by molar-refractivity contribution is -0.142. The minimum absolute atomic E-state index is 0.228. The molecule has 0 aliphatic rings. The second kappa shape index (κ2) is 5.87. The zero-order valence-corrected chi connectivity index (χ0v) is 11.3. The number of aromatic nitrogens is 1. The standard InChI is InChI=1S/C13H22N2O2/c1-6-15-9(2)7-12(11(15)4)8-14-10(3)13(16)17-5/h7,10,14H,6,8H2,1-5H3/t10-/m1/s1. The van der Waals surface area contributed by atoms with Gasteiger partial charge in [-0.3, -0.25) is 4.79 Å². The summed E-state index contributed by atoms with van der Waals surface area (Å²) in [5.41, 5.74) is 3.75. The lowest BCUT2D eigenvalue weighted by Crippen LogP contribution is -2.34. The number of nitrogens with zero attached hydrogens (tertiary/aromatic N) is 1. The highest BCUT2D eigenvalue weighted by Crippen LogP contribution is 2.14. The van der Waals surface area contributed by atoms with Crippen LogP contribution in [-0.4, -0.2) is 23.7 Å². The van der Waals surface area contributed by atoms with E-state index in [2.05, 4.69) is 41.5 Å². The van der Waals surface area contributed by atoms with Crippen molar-refractivity contribution in [2.45, 2.75) is 46.8 Å². The molecule has 4 nitrogen and oxygen atoms in total. The summed E-state index contributed by atoms with van der Waals surface area (Å²) in [5, 5.41) is 3.17. The Morgan fingerprint density at radius 1 is 1.53 bits per heavy atom. The fourth-order valence-corrected chi connectivity index (χ4v) is 2.06. The second-order valence-electron chi connectivity index (χ2n) is 4.27. The van der Waals surface area contributed by atoms with Crippen LogP contribution in [0.4, 0.5) is 0 Å². The number of hydrogen-bond acceptors (Lipinski definition) is 3. The van der Waals surface area contributed by atoms with Crippen molar-refractivity contribution in [2.75, 3.05) is 7.11 Å². The first kappa shape index (κ1) is 13.8. The van der Waals surface area contributed by atoms with Crippen LogP contribution >= 0.6 is 0 Å². The molecule has 0 radical (unpaired) electrons. The van der Waals surface area contributed by atoms with E-state index >= 15 is 0 Å². The summed E-state index contributed by atoms with van der Waals surface area (Å²) in [4.78, 5) is 11.3. The molecule has 0 bridgehead atoms. The third-order valence-electron chi connectivity index (χ3n) is 3.15. The number of esters is 1. The summed E-state index contributed by atoms with van der Waals surface area (Å²) in [5.74, 6) is -0.228. The molecule has 4 heteroatoms. The molecule has 0 unspecified atom stereocenters. The molecule has 1 N–H and O–H groups in total. The summed E-state index contributed by atoms with van der Waals surface area (Å²) in [6, 6.07) is 1.89. The maximum atomic E-state index is 11.3. The van der Waals surface area contributed by atoms with Gasteiger partial charge < -0.3 is 14.6 Å². The zero-order chi connectivity index (χ0) is 13.0. The van der Waals surface area contributed by atoms with Gasteiger partial charge in [-0.2, -0.15) is 0 Å². The topological polar surface area (TPSA) is 43.3 Å². The number of carbonyl (C=O) groups is 1. The number of aryl methyl sites for hydroxylation is 1. The van der Waals surface area contributed by atoms with Crippen LogP contribution in [0.5, 0.6) is 0 Å². The van der Waals surface area contributed by atoms with E-state index in [1.54, 1.807) is 0 Å². The summed E-state index contributed by atoms with van der Waals surface area (Å²) in [6.07, 6.45) is 0. The Hall–Kier alpha value is -1.29. The van der Waals surface area contributed by atoms with Crippen molar-refractivity contribution in [1.82, 2.24) is 9.88 Å². The Balaban J connectivity index is 2.67. The van der Waals surface area contributed by atoms with E-state index in [1.807, 2.05) is 6.92 Å². The van der Waals surface area contributed by atoms with Crippen molar-refractivity contribution in [1.29, 1.82) is 0 Å². The summed E-state index contributed by atoms with van der Waals surface area (Å²) >= 11 is 0. The average molecular weight is 238 g/mol. The highest BCUT2D eigenvalue weighted by atomic mass is 16.5. The summed E-state index contributed by atoms with van der Waals surface area (Å²) in [6.45, 7) is 9.82. The Bertz CT molecular complexity index is 396. The smallest absolute Gasteiger partial charge is 0.322 e. The van der Waals surface area contributed by atoms with Gasteiger partial charge in [0.2, 0.25) is 0 Å². The predicted molar refractivity (Wildman–Crippen MR) is 67.9 cm³/mol. The fourth-order valence-electron chi connectivity index (χ4n) is 2.06. The van der Waals surface area contributed by atoms with Gasteiger partial charge in [0.15, 0.2) is 0 Å². The normalized spacial score (nSPS) is 12.5. The molecule has 0 saturated heterocycles. The first-order valence-corrected chi connectivity index (χ1v) is 5.98. The average Bonchev–Trinajstić information content (AvgIpc) is 2.59. The third kappa shape index (κ3) is 3.09. The number of methoxy groups -OCH3 is 1. The largest absolute Gasteiger partial charge is 0.468 e. The Labute approximate surface area is 103 Å². The molecule has 17 heavy (non-hydrogen) atoms. The second-order valence-corrected chi connectivity index (χ2v) is 4.27. The van der Waals surface area contributed by atoms with E-state index < -0.39 is 0 Å². The highest BCUT2D eigenvalue weighted by molar-refractivity contribution is 5.75. The van der Waals surface area contributed by atoms with Crippen molar-refractivity contribution < 1.29 is 9.53 Å². The van der Waals surface area contributed by atoms with Crippen molar-refractivity contribution in [3.63, 3.8) is 0 Å². The number of nitrogens with one attached hydrogen (secondary N) is 1. The number of ether oxygens (including phenoxy) is 1. The van der Waals surface area contributed by atoms with E-state index in [0.717, 1.165) is 6.54 Å². The Kier molecular flexibility index (Phi) is 4.75. The van der Waals surface area contributed by atoms with Crippen LogP contribution in [0.15, 0.2) is 6.07 Å². The monoisotopic (exact) mass is 238 g/mol. The summed E-state index contributed by atoms with van der Waals surface area (Å²) < 4.78 is 6.94. The van der Waals surface area contributed by atoms with Crippen LogP contribution < -0.4 is 5.32 Å². The summed E-state index contributed by atoms with van der Waals surface area (Å²) in [7, 11) is 1.41. The lowest BCUT2D eigenvalue weighted by atomic mass is 10.2. The van der Waals surface area contributed by atoms with Crippen LogP contribution in [0.1, 0.15) is 30.8 Å². The van der Waals surface area contributed by atoms with Crippen molar-refractivity contribution >= 4 is 5.97 Å². The first-order chi connectivity index (χ1) is 8.01. The molecule has 0 aromatic carbocycles. The van der Waals surface area contributed by atoms with Crippen LogP contribution in [-0.2, 0) is 22.6 Å². The SMILES string of the molecule is CCn1c(C)cc(CN[C@H](C)C(=O)OC)c1C. The van der Waals surface area contributed by atoms with Gasteiger partial charge in [-0.1, -0.05) is 0 Å². The van der Waals surface area contributed by atoms with E-state index in [-0.39, 0.29) is 12.0 Å². The van der Waals surface area contributed by atoms with Crippen LogP contribution in [0.25, 0.3) is 0 Å². The number of hydrogen-bond donors (Lipinski definition) is 1. The molecular formula is C13H22N2O2. The quantitative estimate of drug-likeness (QED) is 0.795. The third-order valence-corrected chi connectivity index (χ3v) is 3.15. The van der Waals surface area contributed by atoms with E-state index in [9.17, 15) is 4.79 Å². The minimum atomic E-state index is -0.273. The molecule has 1 heterocycles. The first-order valence-electron chi connectivity index (χ1n) is 5.98. The van der Waals surface area contributed by atoms with Gasteiger partial charge in [0.1, 0.15) is 6.04 Å². The van der Waals surface area contributed by atoms with Crippen molar-refractivity contribution in [3.05, 3.63) is 23.0 Å². The van der Waals surface area contributed by atoms with E-state index in [0.29, 0.717) is 6.54 Å². The van der Waals surface area contributed by atoms with Crippen LogP contribution in [0.3, 0.4) is 0 Å². The van der Waals surface area contributed by atoms with Gasteiger partial charge in [0, 0.05) is 24.5 Å². The van der Waals surface area contributed by atoms with Gasteiger partial charge in [-0.05, 0) is 39.3 Å². The number of carbonyl (C=O) groups excluding carboxylic acids is 1. The Morgan fingerprint density at radius 2 is 2.18 bits per heavy atom. The molecule has 0 amide bonds. The van der Waals surface area contributed by atoms with Crippen LogP contribution in [0.2, 0.25) is 0 Å². The molecule has 0 spiro atoms. The van der Waals surface area contributed by atoms with Gasteiger partial charge in [-0.15, -0.1) is 0 Å². The molecule has 96 valence electrons. The van der Waals surface area contributed by atoms with Crippen molar-refractivity contribution in [3.8, 4) is 0 Å². The minimum Gasteiger partial charge on any atom is -0.468 e. The predicted octanol–water partition coefficient (Wildman–Crippen LogP) is 1.78. The molecule has 1 atom stereocenters.